The summed E-state index contributed by atoms with van der Waals surface area (Å²) >= 11 is 6.40. The maximum atomic E-state index is 13.3. The van der Waals surface area contributed by atoms with Gasteiger partial charge in [-0.15, -0.1) is 5.10 Å². The molecular formula is C43H52ClN7O6S. The molecule has 308 valence electrons. The zero-order valence-electron chi connectivity index (χ0n) is 33.5. The Morgan fingerprint density at radius 1 is 0.948 bits per heavy atom. The number of likely N-dealkylation sites (tertiary alicyclic amines) is 1. The van der Waals surface area contributed by atoms with Crippen molar-refractivity contribution in [3.63, 3.8) is 0 Å². The molecule has 0 bridgehead atoms. The van der Waals surface area contributed by atoms with Crippen molar-refractivity contribution in [1.29, 1.82) is 0 Å². The molecule has 4 fully saturated rings. The number of hydrogen-bond donors (Lipinski definition) is 2. The first-order valence-corrected chi connectivity index (χ1v) is 22.1. The molecule has 3 saturated carbocycles. The number of aromatic nitrogens is 4. The number of rotatable bonds is 15. The van der Waals surface area contributed by atoms with Gasteiger partial charge in [0.15, 0.2) is 10.8 Å². The van der Waals surface area contributed by atoms with Gasteiger partial charge in [0.05, 0.1) is 12.2 Å². The zero-order chi connectivity index (χ0) is 40.9. The van der Waals surface area contributed by atoms with Crippen LogP contribution in [0.15, 0.2) is 78.0 Å². The van der Waals surface area contributed by atoms with Crippen LogP contribution in [0.4, 0.5) is 10.6 Å². The molecule has 2 spiro atoms. The van der Waals surface area contributed by atoms with E-state index in [9.17, 15) is 18.0 Å². The fourth-order valence-corrected chi connectivity index (χ4v) is 10.8. The molecular weight excluding hydrogens is 778 g/mol. The Hall–Kier alpha value is -4.69. The van der Waals surface area contributed by atoms with Gasteiger partial charge >= 0.3 is 6.09 Å². The van der Waals surface area contributed by atoms with Crippen LogP contribution in [0.1, 0.15) is 95.0 Å². The Morgan fingerprint density at radius 3 is 2.38 bits per heavy atom. The van der Waals surface area contributed by atoms with Gasteiger partial charge in [-0.25, -0.2) is 24.2 Å². The molecule has 2 unspecified atom stereocenters. The summed E-state index contributed by atoms with van der Waals surface area (Å²) < 4.78 is 41.9. The summed E-state index contributed by atoms with van der Waals surface area (Å²) in [5, 5.41) is 7.17. The van der Waals surface area contributed by atoms with E-state index in [1.807, 2.05) is 43.9 Å². The van der Waals surface area contributed by atoms with Gasteiger partial charge in [0.1, 0.15) is 16.6 Å². The molecule has 2 N–H and O–H groups in total. The van der Waals surface area contributed by atoms with Gasteiger partial charge in [-0.1, -0.05) is 48.0 Å². The smallest absolute Gasteiger partial charge is 0.410 e. The highest BCUT2D eigenvalue weighted by molar-refractivity contribution is 7.90. The Kier molecular flexibility index (Phi) is 10.5. The number of benzene rings is 1. The number of anilines is 1. The zero-order valence-corrected chi connectivity index (χ0v) is 35.1. The molecule has 4 heterocycles. The lowest BCUT2D eigenvalue weighted by molar-refractivity contribution is 0.0105. The van der Waals surface area contributed by atoms with Crippen LogP contribution in [-0.4, -0.2) is 75.9 Å². The molecule has 0 radical (unpaired) electrons. The minimum Gasteiger partial charge on any atom is -0.477 e. The largest absolute Gasteiger partial charge is 0.477 e. The van der Waals surface area contributed by atoms with Gasteiger partial charge in [0.25, 0.3) is 15.9 Å². The molecule has 15 heteroatoms. The van der Waals surface area contributed by atoms with E-state index in [1.165, 1.54) is 48.6 Å². The molecule has 4 aliphatic rings. The van der Waals surface area contributed by atoms with Crippen LogP contribution >= 0.6 is 11.6 Å². The first-order valence-electron chi connectivity index (χ1n) is 20.3. The fraction of sp³-hybridized carbons (Fsp3) is 0.512. The predicted octanol–water partition coefficient (Wildman–Crippen LogP) is 7.84. The standard InChI is InChI=1S/C43H52ClN7O6S/c1-40(2,3)57-39(53)50-28-30(27-41(50,4)26-29-10-6-5-7-11-29)12-9-23-45-33-13-8-14-36(46-33)58(54,55)49-38(52)31-15-16-34(47-37(31)44)51-24-17-35(48-51)56-25-18-32-42(19-20-42)43(32)21-22-43/h5-8,10-11,13-17,24,30,32H,9,12,18-23,25-28H2,1-4H3,(H,45,46)(H,49,52). The summed E-state index contributed by atoms with van der Waals surface area (Å²) in [5.74, 6) is 1.30. The quantitative estimate of drug-likeness (QED) is 0.0894. The monoisotopic (exact) mass is 829 g/mol. The second-order valence-electron chi connectivity index (χ2n) is 17.8. The maximum Gasteiger partial charge on any atom is 0.410 e. The summed E-state index contributed by atoms with van der Waals surface area (Å²) in [6.45, 7) is 9.49. The van der Waals surface area contributed by atoms with E-state index in [4.69, 9.17) is 21.1 Å². The highest BCUT2D eigenvalue weighted by Crippen LogP contribution is 2.93. The summed E-state index contributed by atoms with van der Waals surface area (Å²) in [4.78, 5) is 36.9. The molecule has 3 aromatic heterocycles. The second-order valence-corrected chi connectivity index (χ2v) is 19.8. The second kappa shape index (κ2) is 15.2. The van der Waals surface area contributed by atoms with Crippen molar-refractivity contribution >= 4 is 39.4 Å². The lowest BCUT2D eigenvalue weighted by atomic mass is 9.86. The highest BCUT2D eigenvalue weighted by atomic mass is 35.5. The molecule has 2 amide bonds. The van der Waals surface area contributed by atoms with Crippen molar-refractivity contribution in [3.8, 4) is 11.7 Å². The molecule has 1 saturated heterocycles. The number of carbonyl (C=O) groups is 2. The van der Waals surface area contributed by atoms with Crippen LogP contribution in [-0.2, 0) is 21.2 Å². The third kappa shape index (κ3) is 8.27. The number of pyridine rings is 2. The average Bonchev–Trinajstić information content (AvgIpc) is 4.12. The minimum absolute atomic E-state index is 0.114. The third-order valence-electron chi connectivity index (χ3n) is 12.5. The molecule has 2 atom stereocenters. The van der Waals surface area contributed by atoms with Crippen LogP contribution in [0.25, 0.3) is 5.82 Å². The van der Waals surface area contributed by atoms with Gasteiger partial charge in [0, 0.05) is 30.9 Å². The normalized spacial score (nSPS) is 21.5. The Bertz CT molecular complexity index is 2270. The van der Waals surface area contributed by atoms with Crippen molar-refractivity contribution in [2.24, 2.45) is 22.7 Å². The molecule has 58 heavy (non-hydrogen) atoms. The molecule has 4 aromatic rings. The SMILES string of the molecule is CC(C)(C)OC(=O)N1CC(CCCNc2cccc(S(=O)(=O)NC(=O)c3ccc(-n4ccc(OCCC5C6(CC6)C56CC6)n4)nc3Cl)n2)CC1(C)Cc1ccccc1. The van der Waals surface area contributed by atoms with Crippen LogP contribution in [0.2, 0.25) is 5.15 Å². The summed E-state index contributed by atoms with van der Waals surface area (Å²) in [5.41, 5.74) is 1.33. The number of hydrogen-bond acceptors (Lipinski definition) is 10. The van der Waals surface area contributed by atoms with Crippen LogP contribution in [0.5, 0.6) is 5.88 Å². The van der Waals surface area contributed by atoms with E-state index < -0.39 is 27.1 Å². The number of ether oxygens (including phenoxy) is 2. The third-order valence-corrected chi connectivity index (χ3v) is 14.1. The average molecular weight is 830 g/mol. The summed E-state index contributed by atoms with van der Waals surface area (Å²) in [6.07, 6.45) is 11.1. The molecule has 13 nitrogen and oxygen atoms in total. The Labute approximate surface area is 345 Å². The van der Waals surface area contributed by atoms with Crippen molar-refractivity contribution in [2.75, 3.05) is 25.0 Å². The Balaban J connectivity index is 0.823. The van der Waals surface area contributed by atoms with E-state index in [1.54, 1.807) is 24.4 Å². The summed E-state index contributed by atoms with van der Waals surface area (Å²) in [7, 11) is -4.35. The van der Waals surface area contributed by atoms with Gasteiger partial charge in [-0.2, -0.15) is 8.42 Å². The number of carbonyl (C=O) groups excluding carboxylic acids is 2. The molecule has 1 aliphatic heterocycles. The van der Waals surface area contributed by atoms with E-state index in [0.29, 0.717) is 48.0 Å². The van der Waals surface area contributed by atoms with E-state index in [-0.39, 0.29) is 27.8 Å². The van der Waals surface area contributed by atoms with Gasteiger partial charge < -0.3 is 19.7 Å². The van der Waals surface area contributed by atoms with E-state index in [0.717, 1.165) is 43.6 Å². The molecule has 8 rings (SSSR count). The van der Waals surface area contributed by atoms with Gasteiger partial charge in [-0.05, 0) is 138 Å². The molecule has 3 aliphatic carbocycles. The number of nitrogens with zero attached hydrogens (tertiary/aromatic N) is 5. The summed E-state index contributed by atoms with van der Waals surface area (Å²) in [6, 6.07) is 19.4. The van der Waals surface area contributed by atoms with Crippen molar-refractivity contribution in [3.05, 3.63) is 89.2 Å². The fourth-order valence-electron chi connectivity index (χ4n) is 9.65. The van der Waals surface area contributed by atoms with Crippen LogP contribution < -0.4 is 14.8 Å². The van der Waals surface area contributed by atoms with Crippen LogP contribution in [0, 0.1) is 22.7 Å². The van der Waals surface area contributed by atoms with Crippen molar-refractivity contribution < 1.29 is 27.5 Å². The van der Waals surface area contributed by atoms with Gasteiger partial charge in [0.2, 0.25) is 5.88 Å². The van der Waals surface area contributed by atoms with Crippen molar-refractivity contribution in [1.82, 2.24) is 29.4 Å². The number of sulfonamides is 1. The molecule has 1 aromatic carbocycles. The highest BCUT2D eigenvalue weighted by Gasteiger charge is 2.85. The van der Waals surface area contributed by atoms with E-state index in [2.05, 4.69) is 44.2 Å². The van der Waals surface area contributed by atoms with Crippen molar-refractivity contribution in [2.45, 2.75) is 102 Å². The number of fused-ring (bicyclic) bond motifs is 1. The minimum atomic E-state index is -4.35. The predicted molar refractivity (Wildman–Crippen MR) is 220 cm³/mol. The Morgan fingerprint density at radius 2 is 1.69 bits per heavy atom. The first kappa shape index (κ1) is 40.1. The maximum absolute atomic E-state index is 13.3. The first-order chi connectivity index (χ1) is 27.6. The topological polar surface area (TPSA) is 158 Å². The number of halogens is 1. The van der Waals surface area contributed by atoms with Crippen LogP contribution in [0.3, 0.4) is 0 Å². The van der Waals surface area contributed by atoms with Gasteiger partial charge in [-0.3, -0.25) is 4.79 Å². The van der Waals surface area contributed by atoms with E-state index >= 15 is 0 Å². The number of amides is 2. The lowest BCUT2D eigenvalue weighted by Gasteiger charge is -2.36. The lowest BCUT2D eigenvalue weighted by Crippen LogP contribution is -2.48. The number of nitrogens with one attached hydrogen (secondary N) is 2.